The SMILES string of the molecule is COC(=O)/C=C(/C)NC1C(=O)N(O)C1c1ccco1. The highest BCUT2D eigenvalue weighted by molar-refractivity contribution is 5.89. The summed E-state index contributed by atoms with van der Waals surface area (Å²) in [6, 6.07) is 2.05. The van der Waals surface area contributed by atoms with Crippen molar-refractivity contribution < 1.29 is 24.0 Å². The highest BCUT2D eigenvalue weighted by atomic mass is 16.5. The van der Waals surface area contributed by atoms with Crippen LogP contribution < -0.4 is 5.32 Å². The molecule has 0 radical (unpaired) electrons. The monoisotopic (exact) mass is 266 g/mol. The van der Waals surface area contributed by atoms with Crippen LogP contribution in [0.3, 0.4) is 0 Å². The van der Waals surface area contributed by atoms with Crippen LogP contribution in [0.1, 0.15) is 18.7 Å². The van der Waals surface area contributed by atoms with Crippen molar-refractivity contribution >= 4 is 11.9 Å². The van der Waals surface area contributed by atoms with E-state index in [2.05, 4.69) is 10.1 Å². The molecule has 19 heavy (non-hydrogen) atoms. The summed E-state index contributed by atoms with van der Waals surface area (Å²) in [6.07, 6.45) is 2.69. The van der Waals surface area contributed by atoms with Crippen LogP contribution in [0.5, 0.6) is 0 Å². The minimum atomic E-state index is -0.669. The summed E-state index contributed by atoms with van der Waals surface area (Å²) in [5, 5.41) is 13.0. The third-order valence-electron chi connectivity index (χ3n) is 2.82. The number of hydrogen-bond donors (Lipinski definition) is 2. The maximum Gasteiger partial charge on any atom is 0.332 e. The molecule has 7 heteroatoms. The fraction of sp³-hybridized carbons (Fsp3) is 0.333. The van der Waals surface area contributed by atoms with Crippen LogP contribution >= 0.6 is 0 Å². The first kappa shape index (κ1) is 13.2. The Bertz CT molecular complexity index is 508. The highest BCUT2D eigenvalue weighted by Gasteiger charge is 2.49. The molecule has 7 nitrogen and oxygen atoms in total. The van der Waals surface area contributed by atoms with E-state index in [1.54, 1.807) is 19.1 Å². The van der Waals surface area contributed by atoms with Gasteiger partial charge in [-0.25, -0.2) is 9.86 Å². The van der Waals surface area contributed by atoms with Gasteiger partial charge >= 0.3 is 5.97 Å². The van der Waals surface area contributed by atoms with Gasteiger partial charge in [-0.15, -0.1) is 0 Å². The summed E-state index contributed by atoms with van der Waals surface area (Å²) in [5.74, 6) is -0.545. The van der Waals surface area contributed by atoms with Crippen LogP contribution in [-0.2, 0) is 14.3 Å². The van der Waals surface area contributed by atoms with Crippen molar-refractivity contribution in [2.24, 2.45) is 0 Å². The van der Waals surface area contributed by atoms with Crippen molar-refractivity contribution in [2.45, 2.75) is 19.0 Å². The Morgan fingerprint density at radius 3 is 2.95 bits per heavy atom. The summed E-state index contributed by atoms with van der Waals surface area (Å²) in [7, 11) is 1.27. The van der Waals surface area contributed by atoms with Crippen molar-refractivity contribution in [1.82, 2.24) is 10.4 Å². The Morgan fingerprint density at radius 2 is 2.37 bits per heavy atom. The maximum absolute atomic E-state index is 11.6. The van der Waals surface area contributed by atoms with Crippen molar-refractivity contribution in [1.29, 1.82) is 0 Å². The summed E-state index contributed by atoms with van der Waals surface area (Å²) in [5.41, 5.74) is 0.467. The molecule has 0 saturated carbocycles. The summed E-state index contributed by atoms with van der Waals surface area (Å²) in [4.78, 5) is 22.7. The molecule has 1 aliphatic heterocycles. The van der Waals surface area contributed by atoms with E-state index in [0.717, 1.165) is 0 Å². The number of furan rings is 1. The Balaban J connectivity index is 2.09. The number of nitrogens with zero attached hydrogens (tertiary/aromatic N) is 1. The Morgan fingerprint density at radius 1 is 1.63 bits per heavy atom. The molecular formula is C12H14N2O5. The van der Waals surface area contributed by atoms with Gasteiger partial charge in [0, 0.05) is 11.8 Å². The molecule has 1 aromatic rings. The van der Waals surface area contributed by atoms with E-state index in [9.17, 15) is 14.8 Å². The summed E-state index contributed by atoms with van der Waals surface area (Å²) in [6.45, 7) is 1.63. The van der Waals surface area contributed by atoms with E-state index in [4.69, 9.17) is 4.42 Å². The Kier molecular flexibility index (Phi) is 3.57. The number of hydroxylamine groups is 2. The third-order valence-corrected chi connectivity index (χ3v) is 2.82. The lowest BCUT2D eigenvalue weighted by molar-refractivity contribution is -0.213. The lowest BCUT2D eigenvalue weighted by Gasteiger charge is -2.41. The highest BCUT2D eigenvalue weighted by Crippen LogP contribution is 2.33. The number of hydrogen-bond acceptors (Lipinski definition) is 6. The van der Waals surface area contributed by atoms with Gasteiger partial charge in [0.25, 0.3) is 5.91 Å². The van der Waals surface area contributed by atoms with Gasteiger partial charge in [-0.05, 0) is 19.1 Å². The smallest absolute Gasteiger partial charge is 0.332 e. The van der Waals surface area contributed by atoms with Gasteiger partial charge in [-0.3, -0.25) is 10.0 Å². The minimum absolute atomic E-state index is 0.463. The molecule has 1 amide bonds. The van der Waals surface area contributed by atoms with Crippen LogP contribution in [0, 0.1) is 0 Å². The number of amides is 1. The molecule has 0 spiro atoms. The lowest BCUT2D eigenvalue weighted by atomic mass is 9.95. The molecule has 0 aromatic carbocycles. The van der Waals surface area contributed by atoms with E-state index in [-0.39, 0.29) is 0 Å². The standard InChI is InChI=1S/C12H14N2O5/c1-7(6-9(15)18-2)13-10-11(14(17)12(10)16)8-4-3-5-19-8/h3-6,10-11,13,17H,1-2H3/b7-6-. The van der Waals surface area contributed by atoms with Gasteiger partial charge in [0.1, 0.15) is 17.8 Å². The van der Waals surface area contributed by atoms with Crippen LogP contribution in [0.15, 0.2) is 34.6 Å². The summed E-state index contributed by atoms with van der Waals surface area (Å²) >= 11 is 0. The second-order valence-corrected chi connectivity index (χ2v) is 4.12. The molecular weight excluding hydrogens is 252 g/mol. The first-order valence-electron chi connectivity index (χ1n) is 5.62. The number of methoxy groups -OCH3 is 1. The first-order valence-corrected chi connectivity index (χ1v) is 5.62. The van der Waals surface area contributed by atoms with Crippen molar-refractivity contribution in [3.63, 3.8) is 0 Å². The van der Waals surface area contributed by atoms with Gasteiger partial charge in [0.15, 0.2) is 0 Å². The van der Waals surface area contributed by atoms with Crippen LogP contribution in [0.4, 0.5) is 0 Å². The quantitative estimate of drug-likeness (QED) is 0.358. The van der Waals surface area contributed by atoms with E-state index >= 15 is 0 Å². The van der Waals surface area contributed by atoms with Gasteiger partial charge in [0.05, 0.1) is 13.4 Å². The molecule has 1 aliphatic rings. The van der Waals surface area contributed by atoms with Gasteiger partial charge in [-0.1, -0.05) is 0 Å². The molecule has 102 valence electrons. The average Bonchev–Trinajstić information content (AvgIpc) is 2.90. The molecule has 0 bridgehead atoms. The van der Waals surface area contributed by atoms with Crippen LogP contribution in [0.2, 0.25) is 0 Å². The van der Waals surface area contributed by atoms with Gasteiger partial charge in [-0.2, -0.15) is 0 Å². The van der Waals surface area contributed by atoms with Crippen molar-refractivity contribution in [3.05, 3.63) is 35.9 Å². The number of allylic oxidation sites excluding steroid dienone is 1. The van der Waals surface area contributed by atoms with Crippen molar-refractivity contribution in [3.8, 4) is 0 Å². The number of carbonyl (C=O) groups excluding carboxylic acids is 2. The fourth-order valence-corrected chi connectivity index (χ4v) is 1.88. The largest absolute Gasteiger partial charge is 0.467 e. The van der Waals surface area contributed by atoms with Crippen molar-refractivity contribution in [2.75, 3.05) is 7.11 Å². The van der Waals surface area contributed by atoms with Gasteiger partial charge in [0.2, 0.25) is 0 Å². The molecule has 2 rings (SSSR count). The zero-order valence-corrected chi connectivity index (χ0v) is 10.5. The van der Waals surface area contributed by atoms with E-state index < -0.39 is 24.0 Å². The molecule has 1 saturated heterocycles. The second kappa shape index (κ2) is 5.15. The van der Waals surface area contributed by atoms with E-state index in [0.29, 0.717) is 16.5 Å². The third kappa shape index (κ3) is 2.45. The fourth-order valence-electron chi connectivity index (χ4n) is 1.88. The normalized spacial score (nSPS) is 23.0. The first-order chi connectivity index (χ1) is 9.04. The van der Waals surface area contributed by atoms with E-state index in [1.165, 1.54) is 19.4 Å². The molecule has 1 aromatic heterocycles. The Labute approximate surface area is 109 Å². The van der Waals surface area contributed by atoms with Gasteiger partial charge < -0.3 is 14.5 Å². The minimum Gasteiger partial charge on any atom is -0.467 e. The second-order valence-electron chi connectivity index (χ2n) is 4.12. The number of ether oxygens (including phenoxy) is 1. The molecule has 2 atom stereocenters. The number of β-lactam (4-membered cyclic amide) rings is 1. The summed E-state index contributed by atoms with van der Waals surface area (Å²) < 4.78 is 9.65. The maximum atomic E-state index is 11.6. The number of esters is 1. The topological polar surface area (TPSA) is 92.0 Å². The number of rotatable bonds is 4. The number of carbonyl (C=O) groups is 2. The van der Waals surface area contributed by atoms with E-state index in [1.807, 2.05) is 0 Å². The predicted octanol–water partition coefficient (Wildman–Crippen LogP) is 0.587. The predicted molar refractivity (Wildman–Crippen MR) is 62.8 cm³/mol. The average molecular weight is 266 g/mol. The molecule has 0 aliphatic carbocycles. The zero-order valence-electron chi connectivity index (χ0n) is 10.5. The molecule has 2 unspecified atom stereocenters. The molecule has 2 heterocycles. The lowest BCUT2D eigenvalue weighted by Crippen LogP contribution is -2.62. The van der Waals surface area contributed by atoms with Crippen LogP contribution in [-0.4, -0.2) is 35.3 Å². The molecule has 1 fully saturated rings. The van der Waals surface area contributed by atoms with Crippen LogP contribution in [0.25, 0.3) is 0 Å². The number of nitrogens with one attached hydrogen (secondary N) is 1. The zero-order chi connectivity index (χ0) is 14.0. The Hall–Kier alpha value is -2.28. The molecule has 2 N–H and O–H groups in total.